The maximum Gasteiger partial charge on any atom is 0.269 e. The van der Waals surface area contributed by atoms with Crippen molar-refractivity contribution < 1.29 is 19.2 Å². The monoisotopic (exact) mass is 436 g/mol. The second kappa shape index (κ2) is 8.38. The van der Waals surface area contributed by atoms with Gasteiger partial charge >= 0.3 is 0 Å². The highest BCUT2D eigenvalue weighted by atomic mass is 16.6. The lowest BCUT2D eigenvalue weighted by atomic mass is 9.94. The molecule has 2 heterocycles. The van der Waals surface area contributed by atoms with Crippen LogP contribution >= 0.6 is 0 Å². The minimum Gasteiger partial charge on any atom is -0.497 e. The van der Waals surface area contributed by atoms with Crippen LogP contribution < -0.4 is 20.1 Å². The van der Waals surface area contributed by atoms with Crippen molar-refractivity contribution in [3.63, 3.8) is 0 Å². The van der Waals surface area contributed by atoms with Crippen LogP contribution in [0.15, 0.2) is 60.1 Å². The molecule has 0 saturated heterocycles. The Bertz CT molecular complexity index is 1230. The summed E-state index contributed by atoms with van der Waals surface area (Å²) < 4.78 is 12.1. The number of carbonyl (C=O) groups excluding carboxylic acids is 1. The van der Waals surface area contributed by atoms with Crippen LogP contribution in [0.4, 0.5) is 17.3 Å². The highest BCUT2D eigenvalue weighted by molar-refractivity contribution is 6.06. The van der Waals surface area contributed by atoms with Crippen molar-refractivity contribution in [2.24, 2.45) is 0 Å². The topological polar surface area (TPSA) is 133 Å². The Labute approximate surface area is 182 Å². The molecule has 11 heteroatoms. The molecule has 0 aliphatic carbocycles. The van der Waals surface area contributed by atoms with Gasteiger partial charge in [-0.1, -0.05) is 12.1 Å². The maximum atomic E-state index is 13.5. The number of rotatable bonds is 6. The van der Waals surface area contributed by atoms with E-state index in [0.29, 0.717) is 40.0 Å². The lowest BCUT2D eigenvalue weighted by Gasteiger charge is -2.28. The van der Waals surface area contributed by atoms with E-state index in [1.54, 1.807) is 37.3 Å². The van der Waals surface area contributed by atoms with Crippen LogP contribution in [-0.2, 0) is 4.79 Å². The largest absolute Gasteiger partial charge is 0.497 e. The molecule has 0 radical (unpaired) electrons. The number of nitro groups is 1. The van der Waals surface area contributed by atoms with Gasteiger partial charge in [-0.3, -0.25) is 14.9 Å². The van der Waals surface area contributed by atoms with Gasteiger partial charge in [-0.2, -0.15) is 10.1 Å². The number of carbonyl (C=O) groups is 1. The van der Waals surface area contributed by atoms with Crippen LogP contribution in [0.2, 0.25) is 0 Å². The summed E-state index contributed by atoms with van der Waals surface area (Å²) in [6.07, 6.45) is 1.35. The molecule has 0 bridgehead atoms. The predicted molar refractivity (Wildman–Crippen MR) is 116 cm³/mol. The summed E-state index contributed by atoms with van der Waals surface area (Å²) in [5.41, 5.74) is 1.72. The summed E-state index contributed by atoms with van der Waals surface area (Å²) >= 11 is 0. The van der Waals surface area contributed by atoms with Crippen molar-refractivity contribution in [1.29, 1.82) is 0 Å². The van der Waals surface area contributed by atoms with Crippen molar-refractivity contribution in [3.8, 4) is 11.5 Å². The van der Waals surface area contributed by atoms with Crippen molar-refractivity contribution in [3.05, 3.63) is 75.7 Å². The highest BCUT2D eigenvalue weighted by Gasteiger charge is 2.34. The fourth-order valence-corrected chi connectivity index (χ4v) is 3.60. The number of non-ortho nitro benzene ring substituents is 1. The van der Waals surface area contributed by atoms with E-state index in [-0.39, 0.29) is 5.69 Å². The molecule has 1 unspecified atom stereocenters. The molecule has 3 aromatic rings. The van der Waals surface area contributed by atoms with Gasteiger partial charge in [0.05, 0.1) is 30.4 Å². The number of amides is 1. The summed E-state index contributed by atoms with van der Waals surface area (Å²) in [6.45, 7) is 1.74. The second-order valence-corrected chi connectivity index (χ2v) is 6.97. The number of anilines is 2. The smallest absolute Gasteiger partial charge is 0.269 e. The van der Waals surface area contributed by atoms with Crippen LogP contribution in [-0.4, -0.2) is 39.8 Å². The Kier molecular flexibility index (Phi) is 5.46. The summed E-state index contributed by atoms with van der Waals surface area (Å²) in [6, 6.07) is 10.4. The van der Waals surface area contributed by atoms with Crippen molar-refractivity contribution >= 4 is 23.2 Å². The fraction of sp³-hybridized carbons (Fsp3) is 0.190. The number of methoxy groups -OCH3 is 2. The zero-order valence-corrected chi connectivity index (χ0v) is 17.5. The molecule has 32 heavy (non-hydrogen) atoms. The molecule has 1 aromatic heterocycles. The van der Waals surface area contributed by atoms with E-state index in [1.165, 1.54) is 37.4 Å². The molecule has 1 aliphatic heterocycles. The van der Waals surface area contributed by atoms with Gasteiger partial charge in [0.2, 0.25) is 5.95 Å². The molecule has 164 valence electrons. The van der Waals surface area contributed by atoms with Gasteiger partial charge in [-0.25, -0.2) is 4.68 Å². The number of nitrogens with zero attached hydrogens (tertiary/aromatic N) is 4. The first kappa shape index (κ1) is 20.8. The molecule has 1 amide bonds. The lowest BCUT2D eigenvalue weighted by molar-refractivity contribution is -0.384. The van der Waals surface area contributed by atoms with E-state index in [9.17, 15) is 14.9 Å². The molecule has 1 atom stereocenters. The van der Waals surface area contributed by atoms with Crippen molar-refractivity contribution in [2.75, 3.05) is 24.9 Å². The molecular formula is C21H20N6O5. The third-order valence-electron chi connectivity index (χ3n) is 5.09. The van der Waals surface area contributed by atoms with Crippen molar-refractivity contribution in [1.82, 2.24) is 14.8 Å². The van der Waals surface area contributed by atoms with Crippen LogP contribution in [0.1, 0.15) is 18.5 Å². The molecule has 11 nitrogen and oxygen atoms in total. The normalized spacial score (nSPS) is 14.9. The van der Waals surface area contributed by atoms with Gasteiger partial charge < -0.3 is 20.1 Å². The van der Waals surface area contributed by atoms with Gasteiger partial charge in [-0.05, 0) is 24.6 Å². The third-order valence-corrected chi connectivity index (χ3v) is 5.09. The molecule has 0 spiro atoms. The fourth-order valence-electron chi connectivity index (χ4n) is 3.60. The number of fused-ring (bicyclic) bond motifs is 1. The molecular weight excluding hydrogens is 416 g/mol. The number of hydrogen-bond donors (Lipinski definition) is 2. The first-order valence-corrected chi connectivity index (χ1v) is 9.58. The minimum atomic E-state index is -0.731. The van der Waals surface area contributed by atoms with E-state index < -0.39 is 16.9 Å². The summed E-state index contributed by atoms with van der Waals surface area (Å²) in [7, 11) is 3.02. The Hall–Kier alpha value is -4.41. The first-order chi connectivity index (χ1) is 15.4. The van der Waals surface area contributed by atoms with Crippen LogP contribution in [0.5, 0.6) is 11.5 Å². The number of nitrogens with one attached hydrogen (secondary N) is 2. The number of benzene rings is 2. The number of allylic oxidation sites excluding steroid dienone is 1. The van der Waals surface area contributed by atoms with Gasteiger partial charge in [0.15, 0.2) is 0 Å². The quantitative estimate of drug-likeness (QED) is 0.445. The highest BCUT2D eigenvalue weighted by Crippen LogP contribution is 2.37. The number of hydrogen-bond acceptors (Lipinski definition) is 8. The number of aromatic nitrogens is 3. The van der Waals surface area contributed by atoms with E-state index in [4.69, 9.17) is 9.47 Å². The molecule has 1 aliphatic rings. The van der Waals surface area contributed by atoms with Crippen LogP contribution in [0, 0.1) is 10.1 Å². The Balaban J connectivity index is 1.78. The van der Waals surface area contributed by atoms with E-state index in [0.717, 1.165) is 0 Å². The van der Waals surface area contributed by atoms with Gasteiger partial charge in [-0.15, -0.1) is 0 Å². The summed E-state index contributed by atoms with van der Waals surface area (Å²) in [5, 5.41) is 21.5. The maximum absolute atomic E-state index is 13.5. The van der Waals surface area contributed by atoms with E-state index in [1.807, 2.05) is 0 Å². The average molecular weight is 436 g/mol. The molecule has 4 rings (SSSR count). The molecule has 2 aromatic carbocycles. The van der Waals surface area contributed by atoms with E-state index >= 15 is 0 Å². The van der Waals surface area contributed by atoms with Crippen LogP contribution in [0.3, 0.4) is 0 Å². The predicted octanol–water partition coefficient (Wildman–Crippen LogP) is 3.13. The van der Waals surface area contributed by atoms with Crippen molar-refractivity contribution in [2.45, 2.75) is 13.0 Å². The number of nitro benzene ring substituents is 1. The van der Waals surface area contributed by atoms with Gasteiger partial charge in [0, 0.05) is 23.9 Å². The van der Waals surface area contributed by atoms with Gasteiger partial charge in [0.25, 0.3) is 11.6 Å². The first-order valence-electron chi connectivity index (χ1n) is 9.58. The second-order valence-electron chi connectivity index (χ2n) is 6.97. The third kappa shape index (κ3) is 3.71. The van der Waals surface area contributed by atoms with Crippen LogP contribution in [0.25, 0.3) is 0 Å². The summed E-state index contributed by atoms with van der Waals surface area (Å²) in [5.74, 6) is 0.991. The molecule has 0 saturated carbocycles. The average Bonchev–Trinajstić information content (AvgIpc) is 3.25. The SMILES string of the molecule is COc1ccc(OC)c(NC(=O)C2=C(C)Nc3ncnn3C2c2cccc([N+](=O)[O-])c2)c1. The molecule has 2 N–H and O–H groups in total. The number of ether oxygens (including phenoxy) is 2. The Morgan fingerprint density at radius 3 is 2.75 bits per heavy atom. The molecule has 0 fully saturated rings. The van der Waals surface area contributed by atoms with Gasteiger partial charge in [0.1, 0.15) is 23.9 Å². The standard InChI is InChI=1S/C21H20N6O5/c1-12-18(20(28)25-16-10-15(31-2)7-8-17(16)32-3)19(26-21(24-12)22-11-23-26)13-5-4-6-14(9-13)27(29)30/h4-11,19H,1-3H3,(H,25,28)(H,22,23,24). The zero-order valence-electron chi connectivity index (χ0n) is 17.5. The Morgan fingerprint density at radius 1 is 1.22 bits per heavy atom. The van der Waals surface area contributed by atoms with E-state index in [2.05, 4.69) is 20.7 Å². The lowest BCUT2D eigenvalue weighted by Crippen LogP contribution is -2.31. The minimum absolute atomic E-state index is 0.0884. The summed E-state index contributed by atoms with van der Waals surface area (Å²) in [4.78, 5) is 28.5. The zero-order chi connectivity index (χ0) is 22.8. The Morgan fingerprint density at radius 2 is 2.03 bits per heavy atom.